The van der Waals surface area contributed by atoms with Crippen molar-refractivity contribution in [3.63, 3.8) is 0 Å². The molecule has 0 aromatic heterocycles. The number of rotatable bonds is 6. The van der Waals surface area contributed by atoms with Crippen LogP contribution in [0, 0.1) is 0 Å². The summed E-state index contributed by atoms with van der Waals surface area (Å²) in [6.07, 6.45) is 0.478. The van der Waals surface area contributed by atoms with Gasteiger partial charge in [0.25, 0.3) is 0 Å². The Hall–Kier alpha value is -1.91. The molecule has 18 heavy (non-hydrogen) atoms. The van der Waals surface area contributed by atoms with E-state index in [9.17, 15) is 4.79 Å². The molecule has 0 saturated heterocycles. The number of carbonyl (C=O) groups is 1. The smallest absolute Gasteiger partial charge is 0.224 e. The van der Waals surface area contributed by atoms with E-state index in [0.29, 0.717) is 24.3 Å². The van der Waals surface area contributed by atoms with E-state index in [4.69, 9.17) is 11.5 Å². The van der Waals surface area contributed by atoms with Gasteiger partial charge in [-0.05, 0) is 32.0 Å². The molecule has 0 spiro atoms. The number of hydrogen-bond acceptors (Lipinski definition) is 4. The average molecular weight is 250 g/mol. The minimum Gasteiger partial charge on any atom is -0.397 e. The standard InChI is InChI=1S/C13H22N4O/c1-3-17(4-2)13(18)7-8-16-10-5-6-11(14)12(15)9-10/h5-6,9,16H,3-4,7-8,14-15H2,1-2H3. The van der Waals surface area contributed by atoms with E-state index in [1.807, 2.05) is 24.8 Å². The van der Waals surface area contributed by atoms with Crippen molar-refractivity contribution in [3.05, 3.63) is 18.2 Å². The fourth-order valence-electron chi connectivity index (χ4n) is 1.73. The highest BCUT2D eigenvalue weighted by molar-refractivity contribution is 5.77. The van der Waals surface area contributed by atoms with Gasteiger partial charge in [0.1, 0.15) is 0 Å². The Labute approximate surface area is 108 Å². The van der Waals surface area contributed by atoms with Crippen molar-refractivity contribution in [3.8, 4) is 0 Å². The van der Waals surface area contributed by atoms with Crippen LogP contribution < -0.4 is 16.8 Å². The Bertz CT molecular complexity index is 402. The van der Waals surface area contributed by atoms with Crippen molar-refractivity contribution in [2.45, 2.75) is 20.3 Å². The summed E-state index contributed by atoms with van der Waals surface area (Å²) < 4.78 is 0. The predicted octanol–water partition coefficient (Wildman–Crippen LogP) is 1.52. The number of amides is 1. The van der Waals surface area contributed by atoms with Gasteiger partial charge in [0.2, 0.25) is 5.91 Å². The quantitative estimate of drug-likeness (QED) is 0.668. The van der Waals surface area contributed by atoms with Crippen molar-refractivity contribution in [1.82, 2.24) is 4.90 Å². The molecule has 0 radical (unpaired) electrons. The van der Waals surface area contributed by atoms with Crippen LogP contribution >= 0.6 is 0 Å². The molecule has 100 valence electrons. The van der Waals surface area contributed by atoms with Crippen molar-refractivity contribution in [2.24, 2.45) is 0 Å². The van der Waals surface area contributed by atoms with Crippen LogP contribution in [0.15, 0.2) is 18.2 Å². The molecule has 0 heterocycles. The van der Waals surface area contributed by atoms with E-state index in [0.717, 1.165) is 18.8 Å². The number of nitrogens with two attached hydrogens (primary N) is 2. The second-order valence-corrected chi connectivity index (χ2v) is 4.09. The summed E-state index contributed by atoms with van der Waals surface area (Å²) in [5.74, 6) is 0.163. The Balaban J connectivity index is 2.41. The van der Waals surface area contributed by atoms with Crippen molar-refractivity contribution < 1.29 is 4.79 Å². The molecule has 0 saturated carbocycles. The second kappa shape index (κ2) is 6.74. The number of nitrogen functional groups attached to an aromatic ring is 2. The first-order valence-electron chi connectivity index (χ1n) is 6.25. The van der Waals surface area contributed by atoms with E-state index in [-0.39, 0.29) is 5.91 Å². The summed E-state index contributed by atoms with van der Waals surface area (Å²) >= 11 is 0. The molecule has 5 heteroatoms. The minimum absolute atomic E-state index is 0.163. The van der Waals surface area contributed by atoms with Crippen LogP contribution in [-0.4, -0.2) is 30.4 Å². The van der Waals surface area contributed by atoms with Crippen LogP contribution in [0.3, 0.4) is 0 Å². The Kier molecular flexibility index (Phi) is 5.30. The van der Waals surface area contributed by atoms with Crippen LogP contribution in [-0.2, 0) is 4.79 Å². The molecule has 5 N–H and O–H groups in total. The van der Waals surface area contributed by atoms with Gasteiger partial charge >= 0.3 is 0 Å². The molecule has 1 aromatic rings. The summed E-state index contributed by atoms with van der Waals surface area (Å²) in [5, 5.41) is 3.16. The molecule has 0 aliphatic rings. The predicted molar refractivity (Wildman–Crippen MR) is 76.3 cm³/mol. The van der Waals surface area contributed by atoms with Gasteiger partial charge in [0, 0.05) is 31.7 Å². The maximum absolute atomic E-state index is 11.8. The van der Waals surface area contributed by atoms with Gasteiger partial charge in [0.15, 0.2) is 0 Å². The minimum atomic E-state index is 0.163. The van der Waals surface area contributed by atoms with Gasteiger partial charge < -0.3 is 21.7 Å². The zero-order valence-electron chi connectivity index (χ0n) is 11.1. The van der Waals surface area contributed by atoms with Crippen LogP contribution in [0.2, 0.25) is 0 Å². The fraction of sp³-hybridized carbons (Fsp3) is 0.462. The molecule has 0 aliphatic heterocycles. The van der Waals surface area contributed by atoms with Crippen LogP contribution in [0.4, 0.5) is 17.1 Å². The Morgan fingerprint density at radius 2 is 1.89 bits per heavy atom. The highest BCUT2D eigenvalue weighted by Crippen LogP contribution is 2.19. The summed E-state index contributed by atoms with van der Waals surface area (Å²) in [4.78, 5) is 13.6. The third kappa shape index (κ3) is 3.84. The van der Waals surface area contributed by atoms with Gasteiger partial charge in [-0.15, -0.1) is 0 Å². The molecule has 0 unspecified atom stereocenters. The first-order chi connectivity index (χ1) is 8.58. The molecular weight excluding hydrogens is 228 g/mol. The van der Waals surface area contributed by atoms with E-state index >= 15 is 0 Å². The highest BCUT2D eigenvalue weighted by Gasteiger charge is 2.08. The second-order valence-electron chi connectivity index (χ2n) is 4.09. The van der Waals surface area contributed by atoms with Gasteiger partial charge in [-0.1, -0.05) is 0 Å². The van der Waals surface area contributed by atoms with E-state index < -0.39 is 0 Å². The summed E-state index contributed by atoms with van der Waals surface area (Å²) in [7, 11) is 0. The summed E-state index contributed by atoms with van der Waals surface area (Å²) in [5.41, 5.74) is 13.3. The van der Waals surface area contributed by atoms with E-state index in [2.05, 4.69) is 5.32 Å². The van der Waals surface area contributed by atoms with Crippen LogP contribution in [0.1, 0.15) is 20.3 Å². The first kappa shape index (κ1) is 14.2. The number of benzene rings is 1. The van der Waals surface area contributed by atoms with Gasteiger partial charge in [0.05, 0.1) is 11.4 Å². The summed E-state index contributed by atoms with van der Waals surface area (Å²) in [6.45, 7) is 6.07. The fourth-order valence-corrected chi connectivity index (χ4v) is 1.73. The van der Waals surface area contributed by atoms with Crippen LogP contribution in [0.25, 0.3) is 0 Å². The lowest BCUT2D eigenvalue weighted by Gasteiger charge is -2.18. The Morgan fingerprint density at radius 1 is 1.22 bits per heavy atom. The maximum Gasteiger partial charge on any atom is 0.224 e. The molecular formula is C13H22N4O. The largest absolute Gasteiger partial charge is 0.397 e. The highest BCUT2D eigenvalue weighted by atomic mass is 16.2. The normalized spacial score (nSPS) is 10.1. The lowest BCUT2D eigenvalue weighted by Crippen LogP contribution is -2.31. The number of nitrogens with one attached hydrogen (secondary N) is 1. The third-order valence-electron chi connectivity index (χ3n) is 2.87. The molecule has 0 aliphatic carbocycles. The SMILES string of the molecule is CCN(CC)C(=O)CCNc1ccc(N)c(N)c1. The lowest BCUT2D eigenvalue weighted by molar-refractivity contribution is -0.130. The van der Waals surface area contributed by atoms with E-state index in [1.54, 1.807) is 12.1 Å². The van der Waals surface area contributed by atoms with Crippen molar-refractivity contribution in [2.75, 3.05) is 36.4 Å². The molecule has 0 atom stereocenters. The molecule has 1 aromatic carbocycles. The first-order valence-corrected chi connectivity index (χ1v) is 6.25. The van der Waals surface area contributed by atoms with Crippen molar-refractivity contribution in [1.29, 1.82) is 0 Å². The van der Waals surface area contributed by atoms with Gasteiger partial charge in [-0.25, -0.2) is 0 Å². The maximum atomic E-state index is 11.8. The zero-order valence-corrected chi connectivity index (χ0v) is 11.1. The molecule has 5 nitrogen and oxygen atoms in total. The number of anilines is 3. The third-order valence-corrected chi connectivity index (χ3v) is 2.87. The van der Waals surface area contributed by atoms with E-state index in [1.165, 1.54) is 0 Å². The number of nitrogens with zero attached hydrogens (tertiary/aromatic N) is 1. The van der Waals surface area contributed by atoms with Gasteiger partial charge in [-0.3, -0.25) is 4.79 Å². The molecule has 1 amide bonds. The number of hydrogen-bond donors (Lipinski definition) is 3. The summed E-state index contributed by atoms with van der Waals surface area (Å²) in [6, 6.07) is 5.38. The lowest BCUT2D eigenvalue weighted by atomic mass is 10.2. The topological polar surface area (TPSA) is 84.4 Å². The monoisotopic (exact) mass is 250 g/mol. The van der Waals surface area contributed by atoms with Gasteiger partial charge in [-0.2, -0.15) is 0 Å². The van der Waals surface area contributed by atoms with Crippen molar-refractivity contribution >= 4 is 23.0 Å². The number of carbonyl (C=O) groups excluding carboxylic acids is 1. The molecule has 1 rings (SSSR count). The molecule has 0 bridgehead atoms. The Morgan fingerprint density at radius 3 is 2.44 bits per heavy atom. The van der Waals surface area contributed by atoms with Crippen LogP contribution in [0.5, 0.6) is 0 Å². The molecule has 0 fully saturated rings. The average Bonchev–Trinajstić information content (AvgIpc) is 2.35. The zero-order chi connectivity index (χ0) is 13.5.